The summed E-state index contributed by atoms with van der Waals surface area (Å²) in [6.45, 7) is 0.568. The van der Waals surface area contributed by atoms with Crippen molar-refractivity contribution in [1.29, 1.82) is 0 Å². The first-order chi connectivity index (χ1) is 10.7. The van der Waals surface area contributed by atoms with Crippen LogP contribution < -0.4 is 10.1 Å². The number of ether oxygens (including phenoxy) is 1. The minimum absolute atomic E-state index is 0.0212. The third-order valence-electron chi connectivity index (χ3n) is 3.18. The maximum atomic E-state index is 11.8. The Morgan fingerprint density at radius 3 is 2.77 bits per heavy atom. The smallest absolute Gasteiger partial charge is 0.258 e. The summed E-state index contributed by atoms with van der Waals surface area (Å²) in [5.41, 5.74) is 0. The molecule has 0 bridgehead atoms. The van der Waals surface area contributed by atoms with E-state index in [1.54, 1.807) is 11.3 Å². The molecule has 0 saturated carbocycles. The molecule has 1 N–H and O–H groups in total. The summed E-state index contributed by atoms with van der Waals surface area (Å²) in [5.74, 6) is 0.574. The summed E-state index contributed by atoms with van der Waals surface area (Å²) in [6.07, 6.45) is 0. The van der Waals surface area contributed by atoms with E-state index in [1.807, 2.05) is 53.9 Å². The molecule has 0 fully saturated rings. The fourth-order valence-electron chi connectivity index (χ4n) is 2.08. The Hall–Kier alpha value is -1.85. The van der Waals surface area contributed by atoms with Crippen molar-refractivity contribution in [3.8, 4) is 5.75 Å². The summed E-state index contributed by atoms with van der Waals surface area (Å²) in [7, 11) is 0. The molecule has 112 valence electrons. The standard InChI is InChI=1S/C17H14BrNO2S/c18-14-5-3-13-9-15(6-4-12(13)8-14)21-11-17(20)19-10-16-2-1-7-22-16/h1-9H,10-11H2,(H,19,20). The Labute approximate surface area is 141 Å². The number of hydrogen-bond acceptors (Lipinski definition) is 3. The molecule has 3 aromatic rings. The summed E-state index contributed by atoms with van der Waals surface area (Å²) in [6, 6.07) is 15.8. The van der Waals surface area contributed by atoms with Gasteiger partial charge in [0.2, 0.25) is 0 Å². The van der Waals surface area contributed by atoms with Crippen LogP contribution in [-0.4, -0.2) is 12.5 Å². The number of carbonyl (C=O) groups excluding carboxylic acids is 1. The summed E-state index contributed by atoms with van der Waals surface area (Å²) in [5, 5.41) is 7.04. The number of nitrogens with one attached hydrogen (secondary N) is 1. The second kappa shape index (κ2) is 6.94. The van der Waals surface area contributed by atoms with Gasteiger partial charge in [0, 0.05) is 9.35 Å². The fraction of sp³-hybridized carbons (Fsp3) is 0.118. The molecule has 0 atom stereocenters. The highest BCUT2D eigenvalue weighted by atomic mass is 79.9. The van der Waals surface area contributed by atoms with Gasteiger partial charge >= 0.3 is 0 Å². The average molecular weight is 376 g/mol. The van der Waals surface area contributed by atoms with Crippen molar-refractivity contribution >= 4 is 43.9 Å². The second-order valence-corrected chi connectivity index (χ2v) is 6.75. The van der Waals surface area contributed by atoms with Crippen LogP contribution in [0, 0.1) is 0 Å². The molecule has 1 heterocycles. The number of thiophene rings is 1. The van der Waals surface area contributed by atoms with Crippen LogP contribution in [0.25, 0.3) is 10.8 Å². The number of hydrogen-bond donors (Lipinski definition) is 1. The van der Waals surface area contributed by atoms with E-state index in [4.69, 9.17) is 4.74 Å². The van der Waals surface area contributed by atoms with Crippen LogP contribution in [0.1, 0.15) is 4.88 Å². The lowest BCUT2D eigenvalue weighted by molar-refractivity contribution is -0.123. The molecule has 0 saturated heterocycles. The summed E-state index contributed by atoms with van der Waals surface area (Å²) < 4.78 is 6.60. The first kappa shape index (κ1) is 15.1. The molecule has 0 aliphatic heterocycles. The normalized spacial score (nSPS) is 10.6. The Balaban J connectivity index is 1.56. The van der Waals surface area contributed by atoms with E-state index in [9.17, 15) is 4.79 Å². The van der Waals surface area contributed by atoms with Crippen LogP contribution in [0.15, 0.2) is 58.4 Å². The molecule has 0 aliphatic rings. The molecule has 1 aromatic heterocycles. The van der Waals surface area contributed by atoms with E-state index < -0.39 is 0 Å². The molecule has 22 heavy (non-hydrogen) atoms. The third-order valence-corrected chi connectivity index (χ3v) is 4.55. The van der Waals surface area contributed by atoms with Crippen molar-refractivity contribution in [3.63, 3.8) is 0 Å². The number of benzene rings is 2. The van der Waals surface area contributed by atoms with Crippen LogP contribution in [0.5, 0.6) is 5.75 Å². The Morgan fingerprint density at radius 2 is 1.95 bits per heavy atom. The van der Waals surface area contributed by atoms with Gasteiger partial charge in [-0.05, 0) is 46.5 Å². The van der Waals surface area contributed by atoms with Gasteiger partial charge in [-0.1, -0.05) is 34.1 Å². The lowest BCUT2D eigenvalue weighted by Crippen LogP contribution is -2.28. The predicted molar refractivity (Wildman–Crippen MR) is 93.3 cm³/mol. The average Bonchev–Trinajstić information content (AvgIpc) is 3.04. The number of rotatable bonds is 5. The SMILES string of the molecule is O=C(COc1ccc2cc(Br)ccc2c1)NCc1cccs1. The van der Waals surface area contributed by atoms with Crippen LogP contribution in [0.4, 0.5) is 0 Å². The van der Waals surface area contributed by atoms with Gasteiger partial charge in [0.15, 0.2) is 6.61 Å². The van der Waals surface area contributed by atoms with Crippen LogP contribution in [-0.2, 0) is 11.3 Å². The Kier molecular flexibility index (Phi) is 4.75. The van der Waals surface area contributed by atoms with Crippen LogP contribution in [0.3, 0.4) is 0 Å². The molecule has 0 aliphatic carbocycles. The van der Waals surface area contributed by atoms with Crippen LogP contribution in [0.2, 0.25) is 0 Å². The molecule has 1 amide bonds. The number of halogens is 1. The van der Waals surface area contributed by atoms with Crippen molar-refractivity contribution in [2.75, 3.05) is 6.61 Å². The largest absolute Gasteiger partial charge is 0.484 e. The second-order valence-electron chi connectivity index (χ2n) is 4.80. The summed E-state index contributed by atoms with van der Waals surface area (Å²) in [4.78, 5) is 12.9. The topological polar surface area (TPSA) is 38.3 Å². The monoisotopic (exact) mass is 375 g/mol. The fourth-order valence-corrected chi connectivity index (χ4v) is 3.11. The number of amides is 1. The molecule has 3 rings (SSSR count). The van der Waals surface area contributed by atoms with Crippen molar-refractivity contribution in [1.82, 2.24) is 5.32 Å². The van der Waals surface area contributed by atoms with Crippen molar-refractivity contribution in [2.24, 2.45) is 0 Å². The van der Waals surface area contributed by atoms with Gasteiger partial charge in [-0.2, -0.15) is 0 Å². The maximum absolute atomic E-state index is 11.8. The van der Waals surface area contributed by atoms with Crippen molar-refractivity contribution in [3.05, 3.63) is 63.3 Å². The number of fused-ring (bicyclic) bond motifs is 1. The molecule has 2 aromatic carbocycles. The Morgan fingerprint density at radius 1 is 1.14 bits per heavy atom. The lowest BCUT2D eigenvalue weighted by Gasteiger charge is -2.08. The van der Waals surface area contributed by atoms with Gasteiger partial charge in [-0.25, -0.2) is 0 Å². The first-order valence-corrected chi connectivity index (χ1v) is 8.49. The predicted octanol–water partition coefficient (Wildman–Crippen LogP) is 4.36. The quantitative estimate of drug-likeness (QED) is 0.719. The van der Waals surface area contributed by atoms with Gasteiger partial charge in [-0.15, -0.1) is 11.3 Å². The van der Waals surface area contributed by atoms with Crippen molar-refractivity contribution in [2.45, 2.75) is 6.54 Å². The Bertz CT molecular complexity index is 786. The molecule has 5 heteroatoms. The van der Waals surface area contributed by atoms with Gasteiger partial charge in [0.05, 0.1) is 6.54 Å². The van der Waals surface area contributed by atoms with Gasteiger partial charge in [0.1, 0.15) is 5.75 Å². The zero-order chi connectivity index (χ0) is 15.4. The highest BCUT2D eigenvalue weighted by Gasteiger charge is 2.04. The maximum Gasteiger partial charge on any atom is 0.258 e. The van der Waals surface area contributed by atoms with E-state index in [-0.39, 0.29) is 12.5 Å². The van der Waals surface area contributed by atoms with E-state index >= 15 is 0 Å². The molecular weight excluding hydrogens is 362 g/mol. The highest BCUT2D eigenvalue weighted by molar-refractivity contribution is 9.10. The molecule has 0 unspecified atom stereocenters. The molecular formula is C17H14BrNO2S. The zero-order valence-electron chi connectivity index (χ0n) is 11.7. The minimum Gasteiger partial charge on any atom is -0.484 e. The van der Waals surface area contributed by atoms with Gasteiger partial charge in [0.25, 0.3) is 5.91 Å². The van der Waals surface area contributed by atoms with Gasteiger partial charge in [-0.3, -0.25) is 4.79 Å². The molecule has 0 radical (unpaired) electrons. The highest BCUT2D eigenvalue weighted by Crippen LogP contribution is 2.24. The third kappa shape index (κ3) is 3.87. The summed E-state index contributed by atoms with van der Waals surface area (Å²) >= 11 is 5.07. The van der Waals surface area contributed by atoms with E-state index in [2.05, 4.69) is 21.2 Å². The van der Waals surface area contributed by atoms with E-state index in [0.29, 0.717) is 12.3 Å². The van der Waals surface area contributed by atoms with Gasteiger partial charge < -0.3 is 10.1 Å². The minimum atomic E-state index is -0.121. The van der Waals surface area contributed by atoms with E-state index in [0.717, 1.165) is 20.1 Å². The van der Waals surface area contributed by atoms with Crippen molar-refractivity contribution < 1.29 is 9.53 Å². The first-order valence-electron chi connectivity index (χ1n) is 6.82. The van der Waals surface area contributed by atoms with E-state index in [1.165, 1.54) is 0 Å². The number of carbonyl (C=O) groups is 1. The van der Waals surface area contributed by atoms with Crippen LogP contribution >= 0.6 is 27.3 Å². The molecule has 3 nitrogen and oxygen atoms in total. The zero-order valence-corrected chi connectivity index (χ0v) is 14.1. The molecule has 0 spiro atoms. The lowest BCUT2D eigenvalue weighted by atomic mass is 10.1.